The third kappa shape index (κ3) is 3.83. The van der Waals surface area contributed by atoms with Crippen molar-refractivity contribution in [2.45, 2.75) is 45.8 Å². The average molecular weight is 409 g/mol. The summed E-state index contributed by atoms with van der Waals surface area (Å²) in [6.07, 6.45) is 3.74. The van der Waals surface area contributed by atoms with E-state index < -0.39 is 0 Å². The van der Waals surface area contributed by atoms with E-state index >= 15 is 0 Å². The Hall–Kier alpha value is -3.12. The van der Waals surface area contributed by atoms with Crippen LogP contribution in [0.1, 0.15) is 41.8 Å². The Balaban J connectivity index is 1.71. The Labute approximate surface area is 176 Å². The first-order chi connectivity index (χ1) is 14.5. The summed E-state index contributed by atoms with van der Waals surface area (Å²) in [7, 11) is 1.95. The molecule has 30 heavy (non-hydrogen) atoms. The second kappa shape index (κ2) is 8.32. The molecule has 1 unspecified atom stereocenters. The molecule has 0 spiro atoms. The molecule has 0 bridgehead atoms. The van der Waals surface area contributed by atoms with E-state index in [4.69, 9.17) is 10.7 Å². The van der Waals surface area contributed by atoms with Gasteiger partial charge in [-0.2, -0.15) is 4.98 Å². The lowest BCUT2D eigenvalue weighted by Crippen LogP contribution is -2.46. The molecule has 2 aliphatic heterocycles. The number of piperidine rings is 1. The Bertz CT molecular complexity index is 1000. The molecular weight excluding hydrogens is 380 g/mol. The van der Waals surface area contributed by atoms with Crippen molar-refractivity contribution in [2.75, 3.05) is 36.6 Å². The van der Waals surface area contributed by atoms with E-state index in [-0.39, 0.29) is 11.9 Å². The van der Waals surface area contributed by atoms with Crippen LogP contribution in [-0.2, 0) is 13.1 Å². The van der Waals surface area contributed by atoms with Gasteiger partial charge in [0.1, 0.15) is 5.82 Å². The lowest BCUT2D eigenvalue weighted by Gasteiger charge is -2.33. The van der Waals surface area contributed by atoms with Gasteiger partial charge in [0.25, 0.3) is 5.91 Å². The SMILES string of the molecule is CC#CCn1c(N2CCCC(N)C2)nc2c1C(=O)N(Cc1nccc(C)n1)CN2C. The Kier molecular flexibility index (Phi) is 5.59. The second-order valence-corrected chi connectivity index (χ2v) is 7.90. The first-order valence-corrected chi connectivity index (χ1v) is 10.3. The number of nitrogens with zero attached hydrogens (tertiary/aromatic N) is 7. The summed E-state index contributed by atoms with van der Waals surface area (Å²) in [5.74, 6) is 8.04. The maximum atomic E-state index is 13.5. The first kappa shape index (κ1) is 20.2. The number of fused-ring (bicyclic) bond motifs is 1. The van der Waals surface area contributed by atoms with Crippen LogP contribution in [-0.4, -0.2) is 63.2 Å². The third-order valence-electron chi connectivity index (χ3n) is 5.49. The van der Waals surface area contributed by atoms with Crippen LogP contribution >= 0.6 is 0 Å². The molecule has 2 aliphatic rings. The average Bonchev–Trinajstić information content (AvgIpc) is 3.10. The van der Waals surface area contributed by atoms with Crippen molar-refractivity contribution in [3.8, 4) is 11.8 Å². The van der Waals surface area contributed by atoms with Crippen LogP contribution in [0.25, 0.3) is 0 Å². The molecule has 1 saturated heterocycles. The molecule has 4 heterocycles. The van der Waals surface area contributed by atoms with Gasteiger partial charge in [-0.1, -0.05) is 5.92 Å². The van der Waals surface area contributed by atoms with Crippen molar-refractivity contribution in [1.29, 1.82) is 0 Å². The summed E-state index contributed by atoms with van der Waals surface area (Å²) in [5.41, 5.74) is 7.65. The summed E-state index contributed by atoms with van der Waals surface area (Å²) < 4.78 is 1.94. The van der Waals surface area contributed by atoms with Gasteiger partial charge < -0.3 is 20.4 Å². The van der Waals surface area contributed by atoms with E-state index in [1.54, 1.807) is 18.0 Å². The van der Waals surface area contributed by atoms with Gasteiger partial charge in [-0.05, 0) is 32.8 Å². The quantitative estimate of drug-likeness (QED) is 0.754. The van der Waals surface area contributed by atoms with Crippen molar-refractivity contribution in [2.24, 2.45) is 5.73 Å². The number of hydrogen-bond acceptors (Lipinski definition) is 7. The highest BCUT2D eigenvalue weighted by Crippen LogP contribution is 2.32. The number of imidazole rings is 1. The number of carbonyl (C=O) groups is 1. The fourth-order valence-electron chi connectivity index (χ4n) is 4.05. The molecule has 2 N–H and O–H groups in total. The maximum Gasteiger partial charge on any atom is 0.276 e. The second-order valence-electron chi connectivity index (χ2n) is 7.90. The largest absolute Gasteiger partial charge is 0.341 e. The molecule has 1 atom stereocenters. The van der Waals surface area contributed by atoms with Gasteiger partial charge in [0, 0.05) is 38.1 Å². The summed E-state index contributed by atoms with van der Waals surface area (Å²) >= 11 is 0. The molecule has 2 aromatic rings. The zero-order chi connectivity index (χ0) is 21.3. The number of rotatable bonds is 4. The zero-order valence-electron chi connectivity index (χ0n) is 17.8. The Morgan fingerprint density at radius 1 is 1.33 bits per heavy atom. The molecular formula is C21H28N8O. The number of carbonyl (C=O) groups excluding carboxylic acids is 1. The van der Waals surface area contributed by atoms with Gasteiger partial charge >= 0.3 is 0 Å². The van der Waals surface area contributed by atoms with Crippen molar-refractivity contribution in [3.05, 3.63) is 29.5 Å². The smallest absolute Gasteiger partial charge is 0.276 e. The molecule has 9 nitrogen and oxygen atoms in total. The van der Waals surface area contributed by atoms with Gasteiger partial charge in [0.05, 0.1) is 19.8 Å². The number of aromatic nitrogens is 4. The van der Waals surface area contributed by atoms with Crippen LogP contribution in [0.15, 0.2) is 12.3 Å². The predicted molar refractivity (Wildman–Crippen MR) is 115 cm³/mol. The number of amides is 1. The van der Waals surface area contributed by atoms with Crippen molar-refractivity contribution in [1.82, 2.24) is 24.4 Å². The lowest BCUT2D eigenvalue weighted by molar-refractivity contribution is 0.0715. The van der Waals surface area contributed by atoms with E-state index in [1.165, 1.54) is 0 Å². The molecule has 1 amide bonds. The predicted octanol–water partition coefficient (Wildman–Crippen LogP) is 0.982. The minimum Gasteiger partial charge on any atom is -0.341 e. The summed E-state index contributed by atoms with van der Waals surface area (Å²) in [4.78, 5) is 33.0. The lowest BCUT2D eigenvalue weighted by atomic mass is 10.1. The summed E-state index contributed by atoms with van der Waals surface area (Å²) in [6, 6.07) is 1.96. The standard InChI is InChI=1S/C21H28N8O/c1-4-5-11-29-18-19(25-21(29)27-10-6-7-16(22)12-27)26(3)14-28(20(18)30)13-17-23-9-8-15(2)24-17/h8-9,16H,6-7,10-14,22H2,1-3H3. The van der Waals surface area contributed by atoms with Crippen LogP contribution in [0.3, 0.4) is 0 Å². The normalized spacial score (nSPS) is 18.9. The van der Waals surface area contributed by atoms with E-state index in [0.29, 0.717) is 37.1 Å². The van der Waals surface area contributed by atoms with Gasteiger partial charge in [-0.3, -0.25) is 9.36 Å². The molecule has 0 aliphatic carbocycles. The summed E-state index contributed by atoms with van der Waals surface area (Å²) in [6.45, 7) is 6.51. The van der Waals surface area contributed by atoms with Crippen LogP contribution in [0.5, 0.6) is 0 Å². The van der Waals surface area contributed by atoms with E-state index in [2.05, 4.69) is 26.7 Å². The first-order valence-electron chi connectivity index (χ1n) is 10.3. The Morgan fingerprint density at radius 2 is 2.17 bits per heavy atom. The van der Waals surface area contributed by atoms with Gasteiger partial charge in [-0.15, -0.1) is 5.92 Å². The molecule has 158 valence electrons. The minimum absolute atomic E-state index is 0.0776. The number of nitrogens with two attached hydrogens (primary N) is 1. The Morgan fingerprint density at radius 3 is 2.90 bits per heavy atom. The number of anilines is 2. The van der Waals surface area contributed by atoms with Gasteiger partial charge in [-0.25, -0.2) is 9.97 Å². The van der Waals surface area contributed by atoms with Crippen LogP contribution < -0.4 is 15.5 Å². The van der Waals surface area contributed by atoms with Crippen molar-refractivity contribution >= 4 is 17.7 Å². The van der Waals surface area contributed by atoms with Crippen LogP contribution in [0.2, 0.25) is 0 Å². The van der Waals surface area contributed by atoms with E-state index in [0.717, 1.165) is 37.6 Å². The van der Waals surface area contributed by atoms with Crippen molar-refractivity contribution in [3.63, 3.8) is 0 Å². The summed E-state index contributed by atoms with van der Waals surface area (Å²) in [5, 5.41) is 0. The molecule has 0 saturated carbocycles. The fourth-order valence-corrected chi connectivity index (χ4v) is 4.05. The molecule has 4 rings (SSSR count). The van der Waals surface area contributed by atoms with E-state index in [9.17, 15) is 4.79 Å². The van der Waals surface area contributed by atoms with Crippen LogP contribution in [0, 0.1) is 18.8 Å². The monoisotopic (exact) mass is 408 g/mol. The highest BCUT2D eigenvalue weighted by molar-refractivity contribution is 6.00. The third-order valence-corrected chi connectivity index (χ3v) is 5.49. The number of aryl methyl sites for hydroxylation is 1. The van der Waals surface area contributed by atoms with E-state index in [1.807, 2.05) is 29.5 Å². The molecule has 9 heteroatoms. The molecule has 2 aromatic heterocycles. The molecule has 0 radical (unpaired) electrons. The topological polar surface area (TPSA) is 96.4 Å². The maximum absolute atomic E-state index is 13.5. The highest BCUT2D eigenvalue weighted by atomic mass is 16.2. The highest BCUT2D eigenvalue weighted by Gasteiger charge is 2.36. The number of hydrogen-bond donors (Lipinski definition) is 1. The molecule has 1 fully saturated rings. The zero-order valence-corrected chi connectivity index (χ0v) is 17.8. The molecule has 0 aromatic carbocycles. The van der Waals surface area contributed by atoms with Gasteiger partial charge in [0.2, 0.25) is 5.95 Å². The van der Waals surface area contributed by atoms with Crippen LogP contribution in [0.4, 0.5) is 11.8 Å². The minimum atomic E-state index is -0.0776. The van der Waals surface area contributed by atoms with Crippen molar-refractivity contribution < 1.29 is 4.79 Å². The fraction of sp³-hybridized carbons (Fsp3) is 0.524. The van der Waals surface area contributed by atoms with Gasteiger partial charge in [0.15, 0.2) is 11.5 Å².